The molecule has 0 aliphatic carbocycles. The Bertz CT molecular complexity index is 561. The Labute approximate surface area is 170 Å². The van der Waals surface area contributed by atoms with Gasteiger partial charge in [0.15, 0.2) is 5.96 Å². The van der Waals surface area contributed by atoms with Gasteiger partial charge in [-0.25, -0.2) is 0 Å². The fraction of sp³-hybridized carbons (Fsp3) is 0.850. The molecule has 1 unspecified atom stereocenters. The second kappa shape index (κ2) is 13.5. The Morgan fingerprint density at radius 1 is 1.25 bits per heavy atom. The lowest BCUT2D eigenvalue weighted by Gasteiger charge is -2.33. The third-order valence-corrected chi connectivity index (χ3v) is 5.29. The number of likely N-dealkylation sites (tertiary alicyclic amines) is 1. The van der Waals surface area contributed by atoms with E-state index in [9.17, 15) is 0 Å². The van der Waals surface area contributed by atoms with Crippen LogP contribution in [0.25, 0.3) is 0 Å². The number of guanidine groups is 1. The van der Waals surface area contributed by atoms with Gasteiger partial charge in [-0.1, -0.05) is 13.3 Å². The molecule has 1 aromatic rings. The SMILES string of the molecule is CCc1nncn1CCNC(=NCCCOC)NCCCN1CCCCC1C. The smallest absolute Gasteiger partial charge is 0.191 e. The molecule has 1 aliphatic rings. The first-order valence-corrected chi connectivity index (χ1v) is 10.9. The van der Waals surface area contributed by atoms with E-state index in [1.165, 1.54) is 25.8 Å². The molecule has 0 aromatic carbocycles. The van der Waals surface area contributed by atoms with Gasteiger partial charge < -0.3 is 24.8 Å². The minimum atomic E-state index is 0.727. The predicted molar refractivity (Wildman–Crippen MR) is 114 cm³/mol. The molecule has 28 heavy (non-hydrogen) atoms. The fourth-order valence-corrected chi connectivity index (χ4v) is 3.59. The van der Waals surface area contributed by atoms with E-state index >= 15 is 0 Å². The van der Waals surface area contributed by atoms with Crippen molar-refractivity contribution in [3.8, 4) is 0 Å². The van der Waals surface area contributed by atoms with Crippen LogP contribution >= 0.6 is 0 Å². The van der Waals surface area contributed by atoms with Crippen molar-refractivity contribution in [1.29, 1.82) is 0 Å². The van der Waals surface area contributed by atoms with Crippen molar-refractivity contribution in [3.05, 3.63) is 12.2 Å². The highest BCUT2D eigenvalue weighted by molar-refractivity contribution is 5.79. The van der Waals surface area contributed by atoms with Gasteiger partial charge in [0.25, 0.3) is 0 Å². The molecular weight excluding hydrogens is 354 g/mol. The molecule has 0 radical (unpaired) electrons. The zero-order valence-electron chi connectivity index (χ0n) is 18.0. The number of aromatic nitrogens is 3. The summed E-state index contributed by atoms with van der Waals surface area (Å²) in [4.78, 5) is 7.30. The van der Waals surface area contributed by atoms with Crippen LogP contribution in [0.15, 0.2) is 11.3 Å². The third-order valence-electron chi connectivity index (χ3n) is 5.29. The number of nitrogens with zero attached hydrogens (tertiary/aromatic N) is 5. The standard InChI is InChI=1S/C20H39N7O/c1-4-19-25-24-17-27(19)15-12-23-20(22-11-8-16-28-3)21-10-7-14-26-13-6-5-9-18(26)2/h17-18H,4-16H2,1-3H3,(H2,21,22,23). The summed E-state index contributed by atoms with van der Waals surface area (Å²) in [6.45, 7) is 10.9. The molecule has 2 heterocycles. The number of rotatable bonds is 12. The average Bonchev–Trinajstić information content (AvgIpc) is 3.16. The summed E-state index contributed by atoms with van der Waals surface area (Å²) in [5.41, 5.74) is 0. The van der Waals surface area contributed by atoms with Crippen molar-refractivity contribution >= 4 is 5.96 Å². The Morgan fingerprint density at radius 3 is 2.89 bits per heavy atom. The molecule has 1 saturated heterocycles. The van der Waals surface area contributed by atoms with E-state index in [0.717, 1.165) is 76.4 Å². The molecule has 0 bridgehead atoms. The van der Waals surface area contributed by atoms with Crippen LogP contribution in [0.4, 0.5) is 0 Å². The number of methoxy groups -OCH3 is 1. The highest BCUT2D eigenvalue weighted by Crippen LogP contribution is 2.15. The fourth-order valence-electron chi connectivity index (χ4n) is 3.59. The molecule has 160 valence electrons. The summed E-state index contributed by atoms with van der Waals surface area (Å²) >= 11 is 0. The summed E-state index contributed by atoms with van der Waals surface area (Å²) in [5, 5.41) is 15.1. The van der Waals surface area contributed by atoms with Crippen LogP contribution in [0.1, 0.15) is 51.8 Å². The molecule has 2 N–H and O–H groups in total. The molecule has 1 aromatic heterocycles. The monoisotopic (exact) mass is 393 g/mol. The summed E-state index contributed by atoms with van der Waals surface area (Å²) in [6.07, 6.45) is 8.81. The van der Waals surface area contributed by atoms with Crippen LogP contribution in [-0.2, 0) is 17.7 Å². The molecule has 0 saturated carbocycles. The first-order valence-electron chi connectivity index (χ1n) is 10.9. The van der Waals surface area contributed by atoms with E-state index in [-0.39, 0.29) is 0 Å². The van der Waals surface area contributed by atoms with E-state index in [4.69, 9.17) is 4.74 Å². The van der Waals surface area contributed by atoms with Gasteiger partial charge in [-0.2, -0.15) is 0 Å². The number of ether oxygens (including phenoxy) is 1. The number of hydrogen-bond donors (Lipinski definition) is 2. The Hall–Kier alpha value is -1.67. The molecule has 1 fully saturated rings. The lowest BCUT2D eigenvalue weighted by molar-refractivity contribution is 0.159. The van der Waals surface area contributed by atoms with Gasteiger partial charge in [0, 0.05) is 58.9 Å². The normalized spacial score (nSPS) is 18.4. The van der Waals surface area contributed by atoms with Gasteiger partial charge in [0.05, 0.1) is 0 Å². The van der Waals surface area contributed by atoms with E-state index in [0.29, 0.717) is 0 Å². The average molecular weight is 394 g/mol. The lowest BCUT2D eigenvalue weighted by Crippen LogP contribution is -2.42. The van der Waals surface area contributed by atoms with Crippen LogP contribution in [-0.4, -0.2) is 78.1 Å². The maximum absolute atomic E-state index is 5.12. The van der Waals surface area contributed by atoms with Crippen molar-refractivity contribution in [2.45, 2.75) is 65.0 Å². The Kier molecular flexibility index (Phi) is 10.9. The van der Waals surface area contributed by atoms with Gasteiger partial charge in [0.2, 0.25) is 0 Å². The predicted octanol–water partition coefficient (Wildman–Crippen LogP) is 1.68. The molecule has 1 aliphatic heterocycles. The molecule has 0 amide bonds. The zero-order chi connectivity index (χ0) is 20.0. The topological polar surface area (TPSA) is 79.6 Å². The second-order valence-corrected chi connectivity index (χ2v) is 7.46. The van der Waals surface area contributed by atoms with Crippen LogP contribution in [0.5, 0.6) is 0 Å². The molecule has 0 spiro atoms. The zero-order valence-corrected chi connectivity index (χ0v) is 18.0. The van der Waals surface area contributed by atoms with Crippen LogP contribution in [0, 0.1) is 0 Å². The number of aryl methyl sites for hydroxylation is 1. The van der Waals surface area contributed by atoms with Crippen LogP contribution < -0.4 is 10.6 Å². The molecule has 2 rings (SSSR count). The number of piperidine rings is 1. The first kappa shape index (κ1) is 22.6. The summed E-state index contributed by atoms with van der Waals surface area (Å²) < 4.78 is 7.21. The number of nitrogens with one attached hydrogen (secondary N) is 2. The minimum absolute atomic E-state index is 0.727. The quantitative estimate of drug-likeness (QED) is 0.320. The molecule has 8 nitrogen and oxygen atoms in total. The summed E-state index contributed by atoms with van der Waals surface area (Å²) in [6, 6.07) is 0.727. The Balaban J connectivity index is 1.72. The van der Waals surface area contributed by atoms with E-state index in [1.807, 2.05) is 0 Å². The van der Waals surface area contributed by atoms with Crippen molar-refractivity contribution in [2.75, 3.05) is 46.4 Å². The van der Waals surface area contributed by atoms with Crippen LogP contribution in [0.2, 0.25) is 0 Å². The van der Waals surface area contributed by atoms with E-state index in [2.05, 4.69) is 49.1 Å². The number of aliphatic imine (C=N–C) groups is 1. The summed E-state index contributed by atoms with van der Waals surface area (Å²) in [7, 11) is 1.73. The van der Waals surface area contributed by atoms with E-state index in [1.54, 1.807) is 13.4 Å². The number of hydrogen-bond acceptors (Lipinski definition) is 5. The lowest BCUT2D eigenvalue weighted by atomic mass is 10.0. The van der Waals surface area contributed by atoms with Crippen LogP contribution in [0.3, 0.4) is 0 Å². The maximum Gasteiger partial charge on any atom is 0.191 e. The van der Waals surface area contributed by atoms with Gasteiger partial charge in [-0.3, -0.25) is 4.99 Å². The summed E-state index contributed by atoms with van der Waals surface area (Å²) in [5.74, 6) is 1.90. The molecular formula is C20H39N7O. The highest BCUT2D eigenvalue weighted by atomic mass is 16.5. The first-order chi connectivity index (χ1) is 13.7. The maximum atomic E-state index is 5.12. The van der Waals surface area contributed by atoms with Crippen molar-refractivity contribution in [2.24, 2.45) is 4.99 Å². The third kappa shape index (κ3) is 8.14. The minimum Gasteiger partial charge on any atom is -0.385 e. The van der Waals surface area contributed by atoms with Crippen molar-refractivity contribution in [1.82, 2.24) is 30.3 Å². The van der Waals surface area contributed by atoms with E-state index < -0.39 is 0 Å². The van der Waals surface area contributed by atoms with Crippen molar-refractivity contribution in [3.63, 3.8) is 0 Å². The van der Waals surface area contributed by atoms with Gasteiger partial charge in [-0.15, -0.1) is 10.2 Å². The van der Waals surface area contributed by atoms with Gasteiger partial charge in [0.1, 0.15) is 12.2 Å². The largest absolute Gasteiger partial charge is 0.385 e. The van der Waals surface area contributed by atoms with Crippen molar-refractivity contribution < 1.29 is 4.74 Å². The van der Waals surface area contributed by atoms with Gasteiger partial charge >= 0.3 is 0 Å². The molecule has 1 atom stereocenters. The molecule has 8 heteroatoms. The Morgan fingerprint density at radius 2 is 2.11 bits per heavy atom. The highest BCUT2D eigenvalue weighted by Gasteiger charge is 2.17. The van der Waals surface area contributed by atoms with Gasteiger partial charge in [-0.05, 0) is 39.2 Å². The second-order valence-electron chi connectivity index (χ2n) is 7.46.